The minimum Gasteiger partial charge on any atom is -0.381 e. The largest absolute Gasteiger partial charge is 0.381 e. The number of piperidine rings is 1. The normalized spacial score (nSPS) is 19.6. The number of Topliss-reactive ketones (excluding diaryl/α,β-unsaturated/α-hetero) is 1. The van der Waals surface area contributed by atoms with Gasteiger partial charge in [-0.25, -0.2) is 17.5 Å². The topological polar surface area (TPSA) is 75.7 Å². The number of benzene rings is 1. The fourth-order valence-corrected chi connectivity index (χ4v) is 5.30. The highest BCUT2D eigenvalue weighted by molar-refractivity contribution is 7.90. The van der Waals surface area contributed by atoms with Crippen molar-refractivity contribution < 1.29 is 22.3 Å². The zero-order valence-corrected chi connectivity index (χ0v) is 17.3. The molecule has 156 valence electrons. The maximum absolute atomic E-state index is 14.4. The summed E-state index contributed by atoms with van der Waals surface area (Å²) in [6.45, 7) is 2.78. The molecule has 0 unspecified atom stereocenters. The Bertz CT molecular complexity index is 806. The van der Waals surface area contributed by atoms with E-state index in [1.165, 1.54) is 18.6 Å². The van der Waals surface area contributed by atoms with Gasteiger partial charge in [-0.15, -0.1) is 0 Å². The Balaban J connectivity index is 1.68. The number of halogens is 2. The quantitative estimate of drug-likeness (QED) is 0.670. The summed E-state index contributed by atoms with van der Waals surface area (Å²) in [7, 11) is -3.66. The zero-order chi connectivity index (χ0) is 20.1. The van der Waals surface area contributed by atoms with Crippen LogP contribution < -0.4 is 4.72 Å². The number of nitrogens with zero attached hydrogens (tertiary/aromatic N) is 1. The van der Waals surface area contributed by atoms with Crippen LogP contribution in [0.2, 0.25) is 5.02 Å². The third kappa shape index (κ3) is 5.51. The monoisotopic (exact) mass is 432 g/mol. The predicted octanol–water partition coefficient (Wildman–Crippen LogP) is 2.75. The average Bonchev–Trinajstić information content (AvgIpc) is 2.70. The van der Waals surface area contributed by atoms with E-state index in [0.717, 1.165) is 31.5 Å². The SMILES string of the molecule is O=C(CNS(=O)(=O)C1CCOCC1)c1cc(CN2CCCCC2)cc(Cl)c1F. The van der Waals surface area contributed by atoms with Crippen molar-refractivity contribution in [3.63, 3.8) is 0 Å². The van der Waals surface area contributed by atoms with Gasteiger partial charge in [0.1, 0.15) is 0 Å². The molecule has 2 heterocycles. The van der Waals surface area contributed by atoms with E-state index >= 15 is 0 Å². The number of rotatable bonds is 7. The number of hydrogen-bond acceptors (Lipinski definition) is 5. The van der Waals surface area contributed by atoms with E-state index in [-0.39, 0.29) is 10.6 Å². The number of sulfonamides is 1. The lowest BCUT2D eigenvalue weighted by Crippen LogP contribution is -2.40. The molecule has 28 heavy (non-hydrogen) atoms. The molecule has 0 aliphatic carbocycles. The van der Waals surface area contributed by atoms with Crippen LogP contribution in [-0.2, 0) is 21.3 Å². The lowest BCUT2D eigenvalue weighted by Gasteiger charge is -2.26. The Morgan fingerprint density at radius 1 is 1.21 bits per heavy atom. The standard InChI is InChI=1S/C19H26ClFN2O4S/c20-17-11-14(13-23-6-2-1-3-7-23)10-16(19(17)21)18(24)12-22-28(25,26)15-4-8-27-9-5-15/h10-11,15,22H,1-9,12-13H2. The lowest BCUT2D eigenvalue weighted by atomic mass is 10.0. The number of carbonyl (C=O) groups is 1. The molecule has 1 N–H and O–H groups in total. The van der Waals surface area contributed by atoms with Gasteiger partial charge in [0.25, 0.3) is 0 Å². The van der Waals surface area contributed by atoms with Gasteiger partial charge in [-0.1, -0.05) is 18.0 Å². The van der Waals surface area contributed by atoms with Gasteiger partial charge < -0.3 is 4.74 Å². The highest BCUT2D eigenvalue weighted by Crippen LogP contribution is 2.23. The fourth-order valence-electron chi connectivity index (χ4n) is 3.68. The van der Waals surface area contributed by atoms with E-state index in [9.17, 15) is 17.6 Å². The van der Waals surface area contributed by atoms with Gasteiger partial charge in [0, 0.05) is 19.8 Å². The summed E-state index contributed by atoms with van der Waals surface area (Å²) >= 11 is 5.99. The molecule has 0 saturated carbocycles. The van der Waals surface area contributed by atoms with E-state index in [4.69, 9.17) is 16.3 Å². The summed E-state index contributed by atoms with van der Waals surface area (Å²) in [5.41, 5.74) is 0.582. The fraction of sp³-hybridized carbons (Fsp3) is 0.632. The summed E-state index contributed by atoms with van der Waals surface area (Å²) < 4.78 is 46.6. The predicted molar refractivity (Wildman–Crippen MR) is 106 cm³/mol. The number of ketones is 1. The smallest absolute Gasteiger partial charge is 0.215 e. The van der Waals surface area contributed by atoms with Crippen molar-refractivity contribution in [2.24, 2.45) is 0 Å². The van der Waals surface area contributed by atoms with E-state index in [2.05, 4.69) is 9.62 Å². The van der Waals surface area contributed by atoms with E-state index in [0.29, 0.717) is 32.6 Å². The van der Waals surface area contributed by atoms with Crippen molar-refractivity contribution in [2.45, 2.75) is 43.9 Å². The van der Waals surface area contributed by atoms with Gasteiger partial charge in [0.2, 0.25) is 10.0 Å². The Kier molecular flexibility index (Phi) is 7.44. The minimum absolute atomic E-state index is 0.120. The first-order valence-corrected chi connectivity index (χ1v) is 11.6. The maximum Gasteiger partial charge on any atom is 0.215 e. The molecule has 1 aromatic carbocycles. The molecule has 0 spiro atoms. The summed E-state index contributed by atoms with van der Waals surface area (Å²) in [5.74, 6) is -1.44. The molecule has 2 saturated heterocycles. The van der Waals surface area contributed by atoms with E-state index in [1.54, 1.807) is 0 Å². The molecule has 2 fully saturated rings. The molecule has 3 rings (SSSR count). The van der Waals surface area contributed by atoms with Crippen molar-refractivity contribution in [3.8, 4) is 0 Å². The van der Waals surface area contributed by atoms with Gasteiger partial charge in [-0.05, 0) is 56.5 Å². The molecule has 1 aromatic rings. The zero-order valence-electron chi connectivity index (χ0n) is 15.8. The molecule has 0 aromatic heterocycles. The van der Waals surface area contributed by atoms with Crippen LogP contribution in [0.1, 0.15) is 48.0 Å². The summed E-state index contributed by atoms with van der Waals surface area (Å²) in [5, 5.41) is -0.710. The molecule has 2 aliphatic rings. The van der Waals surface area contributed by atoms with Crippen LogP contribution in [0.3, 0.4) is 0 Å². The maximum atomic E-state index is 14.4. The second kappa shape index (κ2) is 9.63. The van der Waals surface area contributed by atoms with Crippen LogP contribution >= 0.6 is 11.6 Å². The van der Waals surface area contributed by atoms with Crippen molar-refractivity contribution in [1.82, 2.24) is 9.62 Å². The number of ether oxygens (including phenoxy) is 1. The molecule has 0 amide bonds. The first-order valence-electron chi connectivity index (χ1n) is 9.66. The Labute approximate surface area is 170 Å². The Morgan fingerprint density at radius 2 is 1.89 bits per heavy atom. The molecule has 0 radical (unpaired) electrons. The van der Waals surface area contributed by atoms with Crippen LogP contribution in [0, 0.1) is 5.82 Å². The van der Waals surface area contributed by atoms with Crippen molar-refractivity contribution >= 4 is 27.4 Å². The second-order valence-electron chi connectivity index (χ2n) is 7.38. The molecule has 9 heteroatoms. The van der Waals surface area contributed by atoms with Crippen LogP contribution in [0.25, 0.3) is 0 Å². The van der Waals surface area contributed by atoms with Gasteiger partial charge >= 0.3 is 0 Å². The van der Waals surface area contributed by atoms with Gasteiger partial charge in [-0.3, -0.25) is 9.69 Å². The highest BCUT2D eigenvalue weighted by Gasteiger charge is 2.28. The summed E-state index contributed by atoms with van der Waals surface area (Å²) in [6, 6.07) is 3.02. The minimum atomic E-state index is -3.66. The van der Waals surface area contributed by atoms with Crippen molar-refractivity contribution in [2.75, 3.05) is 32.8 Å². The number of nitrogens with one attached hydrogen (secondary N) is 1. The van der Waals surface area contributed by atoms with Gasteiger partial charge in [-0.2, -0.15) is 0 Å². The summed E-state index contributed by atoms with van der Waals surface area (Å²) in [6.07, 6.45) is 4.21. The van der Waals surface area contributed by atoms with Crippen molar-refractivity contribution in [3.05, 3.63) is 34.1 Å². The van der Waals surface area contributed by atoms with Crippen LogP contribution in [0.15, 0.2) is 12.1 Å². The number of likely N-dealkylation sites (tertiary alicyclic amines) is 1. The molecule has 0 bridgehead atoms. The third-order valence-corrected chi connectivity index (χ3v) is 7.46. The molecule has 2 aliphatic heterocycles. The number of carbonyl (C=O) groups excluding carboxylic acids is 1. The Morgan fingerprint density at radius 3 is 2.57 bits per heavy atom. The van der Waals surface area contributed by atoms with Gasteiger partial charge in [0.15, 0.2) is 11.6 Å². The van der Waals surface area contributed by atoms with Crippen LogP contribution in [0.4, 0.5) is 4.39 Å². The molecule has 0 atom stereocenters. The average molecular weight is 433 g/mol. The number of hydrogen-bond donors (Lipinski definition) is 1. The highest BCUT2D eigenvalue weighted by atomic mass is 35.5. The molecule has 6 nitrogen and oxygen atoms in total. The first kappa shape index (κ1) is 21.6. The third-order valence-electron chi connectivity index (χ3n) is 5.28. The van der Waals surface area contributed by atoms with Gasteiger partial charge in [0.05, 0.1) is 22.4 Å². The molecular formula is C19H26ClFN2O4S. The summed E-state index contributed by atoms with van der Waals surface area (Å²) in [4.78, 5) is 14.8. The van der Waals surface area contributed by atoms with Crippen LogP contribution in [0.5, 0.6) is 0 Å². The van der Waals surface area contributed by atoms with E-state index in [1.807, 2.05) is 0 Å². The van der Waals surface area contributed by atoms with Crippen LogP contribution in [-0.4, -0.2) is 57.2 Å². The first-order chi connectivity index (χ1) is 13.4. The molecular weight excluding hydrogens is 407 g/mol. The van der Waals surface area contributed by atoms with Crippen molar-refractivity contribution in [1.29, 1.82) is 0 Å². The second-order valence-corrected chi connectivity index (χ2v) is 9.83. The Hall–Kier alpha value is -1.06. The lowest BCUT2D eigenvalue weighted by molar-refractivity contribution is 0.0974. The van der Waals surface area contributed by atoms with E-state index < -0.39 is 33.4 Å².